The van der Waals surface area contributed by atoms with Crippen LogP contribution in [0.4, 0.5) is 10.7 Å². The molecule has 0 bridgehead atoms. The molecule has 0 aromatic carbocycles. The van der Waals surface area contributed by atoms with Gasteiger partial charge < -0.3 is 10.6 Å². The van der Waals surface area contributed by atoms with Crippen LogP contribution in [-0.2, 0) is 0 Å². The fourth-order valence-electron chi connectivity index (χ4n) is 2.27. The van der Waals surface area contributed by atoms with Crippen LogP contribution in [0.5, 0.6) is 0 Å². The second-order valence-electron chi connectivity index (χ2n) is 5.33. The molecular formula is C14H22N2OS3. The van der Waals surface area contributed by atoms with Crippen LogP contribution in [0, 0.1) is 5.92 Å². The third kappa shape index (κ3) is 3.12. The van der Waals surface area contributed by atoms with Gasteiger partial charge in [0, 0.05) is 30.0 Å². The molecule has 6 heteroatoms. The zero-order chi connectivity index (χ0) is 14.9. The van der Waals surface area contributed by atoms with Crippen LogP contribution in [0.15, 0.2) is 4.90 Å². The highest BCUT2D eigenvalue weighted by Crippen LogP contribution is 2.45. The summed E-state index contributed by atoms with van der Waals surface area (Å²) in [6.45, 7) is 8.19. The molecule has 3 nitrogen and oxygen atoms in total. The van der Waals surface area contributed by atoms with Crippen LogP contribution in [0.2, 0.25) is 0 Å². The number of carbonyl (C=O) groups excluding carboxylic acids is 1. The van der Waals surface area contributed by atoms with Gasteiger partial charge >= 0.3 is 0 Å². The third-order valence-corrected chi connectivity index (χ3v) is 6.73. The SMILES string of the molecule is CSc1c(N2CCSC(C)C2)sc(C(=O)C(C)C)c1N. The number of hydrogen-bond donors (Lipinski definition) is 1. The van der Waals surface area contributed by atoms with Gasteiger partial charge in [-0.1, -0.05) is 20.8 Å². The van der Waals surface area contributed by atoms with E-state index >= 15 is 0 Å². The minimum absolute atomic E-state index is 0.00524. The third-order valence-electron chi connectivity index (χ3n) is 3.36. The average molecular weight is 331 g/mol. The van der Waals surface area contributed by atoms with E-state index in [1.54, 1.807) is 23.1 Å². The largest absolute Gasteiger partial charge is 0.396 e. The van der Waals surface area contributed by atoms with Gasteiger partial charge in [0.25, 0.3) is 0 Å². The molecular weight excluding hydrogens is 308 g/mol. The average Bonchev–Trinajstić information content (AvgIpc) is 2.74. The van der Waals surface area contributed by atoms with Crippen LogP contribution < -0.4 is 10.6 Å². The topological polar surface area (TPSA) is 46.3 Å². The van der Waals surface area contributed by atoms with Gasteiger partial charge in [-0.3, -0.25) is 4.79 Å². The van der Waals surface area contributed by atoms with E-state index in [4.69, 9.17) is 5.73 Å². The summed E-state index contributed by atoms with van der Waals surface area (Å²) >= 11 is 5.24. The first kappa shape index (κ1) is 16.0. The summed E-state index contributed by atoms with van der Waals surface area (Å²) in [5, 5.41) is 1.82. The van der Waals surface area contributed by atoms with Crippen LogP contribution in [0.1, 0.15) is 30.4 Å². The number of hydrogen-bond acceptors (Lipinski definition) is 6. The minimum Gasteiger partial charge on any atom is -0.396 e. The van der Waals surface area contributed by atoms with E-state index in [2.05, 4.69) is 11.8 Å². The van der Waals surface area contributed by atoms with Crippen LogP contribution in [0.25, 0.3) is 0 Å². The Morgan fingerprint density at radius 3 is 2.75 bits per heavy atom. The Morgan fingerprint density at radius 2 is 2.20 bits per heavy atom. The van der Waals surface area contributed by atoms with Gasteiger partial charge in [0.1, 0.15) is 5.00 Å². The smallest absolute Gasteiger partial charge is 0.177 e. The van der Waals surface area contributed by atoms with Crippen molar-refractivity contribution in [3.63, 3.8) is 0 Å². The quantitative estimate of drug-likeness (QED) is 0.671. The summed E-state index contributed by atoms with van der Waals surface area (Å²) in [7, 11) is 0. The summed E-state index contributed by atoms with van der Waals surface area (Å²) in [6, 6.07) is 0. The van der Waals surface area contributed by atoms with Crippen LogP contribution in [-0.4, -0.2) is 36.1 Å². The number of anilines is 2. The molecule has 1 fully saturated rings. The lowest BCUT2D eigenvalue weighted by Crippen LogP contribution is -2.36. The molecule has 2 heterocycles. The monoisotopic (exact) mass is 330 g/mol. The normalized spacial score (nSPS) is 19.6. The second-order valence-corrected chi connectivity index (χ2v) is 8.69. The molecule has 112 valence electrons. The van der Waals surface area contributed by atoms with E-state index in [0.717, 1.165) is 28.6 Å². The Bertz CT molecular complexity index is 499. The number of ketones is 1. The Hall–Kier alpha value is -0.330. The summed E-state index contributed by atoms with van der Waals surface area (Å²) in [5.74, 6) is 1.29. The van der Waals surface area contributed by atoms with Gasteiger partial charge in [-0.2, -0.15) is 11.8 Å². The predicted octanol–water partition coefficient (Wildman–Crippen LogP) is 3.83. The molecule has 20 heavy (non-hydrogen) atoms. The molecule has 2 rings (SSSR count). The van der Waals surface area contributed by atoms with E-state index in [1.807, 2.05) is 31.9 Å². The highest BCUT2D eigenvalue weighted by molar-refractivity contribution is 8.00. The molecule has 0 aliphatic carbocycles. The standard InChI is InChI=1S/C14H22N2OS3/c1-8(2)11(17)12-10(15)13(18-4)14(20-12)16-5-6-19-9(3)7-16/h8-9H,5-7,15H2,1-4H3. The molecule has 2 N–H and O–H groups in total. The van der Waals surface area contributed by atoms with E-state index in [0.29, 0.717) is 10.9 Å². The van der Waals surface area contributed by atoms with Crippen molar-refractivity contribution in [3.05, 3.63) is 4.88 Å². The number of Topliss-reactive ketones (excluding diaryl/α,β-unsaturated/α-hetero) is 1. The summed E-state index contributed by atoms with van der Waals surface area (Å²) in [6.07, 6.45) is 2.04. The van der Waals surface area contributed by atoms with Crippen molar-refractivity contribution in [1.29, 1.82) is 0 Å². The lowest BCUT2D eigenvalue weighted by atomic mass is 10.1. The lowest BCUT2D eigenvalue weighted by molar-refractivity contribution is 0.0944. The molecule has 1 atom stereocenters. The number of carbonyl (C=O) groups is 1. The highest BCUT2D eigenvalue weighted by atomic mass is 32.2. The number of rotatable bonds is 4. The zero-order valence-corrected chi connectivity index (χ0v) is 14.9. The molecule has 1 aliphatic heterocycles. The van der Waals surface area contributed by atoms with Gasteiger partial charge in [0.05, 0.1) is 15.5 Å². The van der Waals surface area contributed by atoms with Crippen molar-refractivity contribution in [3.8, 4) is 0 Å². The van der Waals surface area contributed by atoms with Gasteiger partial charge in [-0.25, -0.2) is 0 Å². The number of nitrogen functional groups attached to an aromatic ring is 1. The van der Waals surface area contributed by atoms with Gasteiger partial charge in [-0.15, -0.1) is 23.1 Å². The van der Waals surface area contributed by atoms with Crippen LogP contribution in [0.3, 0.4) is 0 Å². The first-order valence-electron chi connectivity index (χ1n) is 6.82. The van der Waals surface area contributed by atoms with Crippen molar-refractivity contribution in [2.75, 3.05) is 35.7 Å². The van der Waals surface area contributed by atoms with E-state index in [9.17, 15) is 4.79 Å². The Morgan fingerprint density at radius 1 is 1.50 bits per heavy atom. The van der Waals surface area contributed by atoms with Gasteiger partial charge in [0.2, 0.25) is 0 Å². The summed E-state index contributed by atoms with van der Waals surface area (Å²) in [4.78, 5) is 16.5. The molecule has 1 aromatic heterocycles. The van der Waals surface area contributed by atoms with Gasteiger partial charge in [-0.05, 0) is 6.26 Å². The second kappa shape index (κ2) is 6.62. The maximum Gasteiger partial charge on any atom is 0.177 e. The first-order chi connectivity index (χ1) is 9.45. The van der Waals surface area contributed by atoms with E-state index in [-0.39, 0.29) is 11.7 Å². The predicted molar refractivity (Wildman–Crippen MR) is 93.8 cm³/mol. The minimum atomic E-state index is -0.00524. The maximum atomic E-state index is 12.3. The first-order valence-corrected chi connectivity index (χ1v) is 9.91. The molecule has 1 aromatic rings. The molecule has 1 saturated heterocycles. The molecule has 1 aliphatic rings. The molecule has 0 spiro atoms. The maximum absolute atomic E-state index is 12.3. The van der Waals surface area contributed by atoms with Gasteiger partial charge in [0.15, 0.2) is 5.78 Å². The van der Waals surface area contributed by atoms with Crippen molar-refractivity contribution in [2.24, 2.45) is 5.92 Å². The number of nitrogens with two attached hydrogens (primary N) is 1. The van der Waals surface area contributed by atoms with Crippen molar-refractivity contribution in [1.82, 2.24) is 0 Å². The number of nitrogens with zero attached hydrogens (tertiary/aromatic N) is 1. The van der Waals surface area contributed by atoms with E-state index in [1.165, 1.54) is 5.00 Å². The van der Waals surface area contributed by atoms with Crippen molar-refractivity contribution in [2.45, 2.75) is 30.9 Å². The molecule has 1 unspecified atom stereocenters. The highest BCUT2D eigenvalue weighted by Gasteiger charge is 2.27. The van der Waals surface area contributed by atoms with Crippen molar-refractivity contribution < 1.29 is 4.79 Å². The van der Waals surface area contributed by atoms with E-state index < -0.39 is 0 Å². The number of thiophene rings is 1. The molecule has 0 radical (unpaired) electrons. The fraction of sp³-hybridized carbons (Fsp3) is 0.643. The molecule has 0 amide bonds. The zero-order valence-electron chi connectivity index (χ0n) is 12.4. The number of thioether (sulfide) groups is 2. The Kier molecular flexibility index (Phi) is 5.31. The Balaban J connectivity index is 2.37. The summed E-state index contributed by atoms with van der Waals surface area (Å²) in [5.41, 5.74) is 6.91. The van der Waals surface area contributed by atoms with Crippen molar-refractivity contribution >= 4 is 51.3 Å². The summed E-state index contributed by atoms with van der Waals surface area (Å²) < 4.78 is 0. The molecule has 0 saturated carbocycles. The Labute approximate surface area is 133 Å². The fourth-order valence-corrected chi connectivity index (χ4v) is 5.59. The van der Waals surface area contributed by atoms with Crippen LogP contribution >= 0.6 is 34.9 Å². The lowest BCUT2D eigenvalue weighted by Gasteiger charge is -2.31.